The normalized spacial score (nSPS) is 13.2. The van der Waals surface area contributed by atoms with Crippen LogP contribution in [0.4, 0.5) is 0 Å². The van der Waals surface area contributed by atoms with Crippen molar-refractivity contribution in [3.8, 4) is 0 Å². The van der Waals surface area contributed by atoms with Crippen molar-refractivity contribution in [1.82, 2.24) is 10.6 Å². The van der Waals surface area contributed by atoms with Crippen LogP contribution in [-0.4, -0.2) is 5.91 Å². The van der Waals surface area contributed by atoms with Gasteiger partial charge in [-0.1, -0.05) is 44.2 Å². The molecular weight excluding hydrogens is 272 g/mol. The molecule has 0 saturated carbocycles. The largest absolute Gasteiger partial charge is 0.348 e. The van der Waals surface area contributed by atoms with Gasteiger partial charge in [0.25, 0.3) is 5.91 Å². The smallest absolute Gasteiger partial charge is 0.251 e. The highest BCUT2D eigenvalue weighted by molar-refractivity contribution is 5.94. The van der Waals surface area contributed by atoms with Crippen LogP contribution in [0.25, 0.3) is 0 Å². The van der Waals surface area contributed by atoms with E-state index in [1.165, 1.54) is 16.7 Å². The highest BCUT2D eigenvalue weighted by atomic mass is 16.1. The molecule has 1 amide bonds. The van der Waals surface area contributed by atoms with E-state index >= 15 is 0 Å². The Morgan fingerprint density at radius 3 is 2.55 bits per heavy atom. The van der Waals surface area contributed by atoms with Gasteiger partial charge in [0.15, 0.2) is 0 Å². The molecule has 0 bridgehead atoms. The lowest BCUT2D eigenvalue weighted by Crippen LogP contribution is -2.22. The first kappa shape index (κ1) is 14.8. The summed E-state index contributed by atoms with van der Waals surface area (Å²) in [4.78, 5) is 12.3. The van der Waals surface area contributed by atoms with Crippen molar-refractivity contribution in [3.05, 3.63) is 70.3 Å². The summed E-state index contributed by atoms with van der Waals surface area (Å²) in [5, 5.41) is 6.29. The van der Waals surface area contributed by atoms with Crippen LogP contribution in [-0.2, 0) is 19.6 Å². The topological polar surface area (TPSA) is 41.1 Å². The number of hydrogen-bond donors (Lipinski definition) is 2. The number of fused-ring (bicyclic) bond motifs is 1. The average molecular weight is 294 g/mol. The molecule has 2 aromatic rings. The molecule has 0 fully saturated rings. The molecule has 2 N–H and O–H groups in total. The summed E-state index contributed by atoms with van der Waals surface area (Å²) in [7, 11) is 0. The summed E-state index contributed by atoms with van der Waals surface area (Å²) >= 11 is 0. The molecule has 0 spiro atoms. The Labute approximate surface area is 131 Å². The zero-order chi connectivity index (χ0) is 15.5. The Morgan fingerprint density at radius 2 is 1.82 bits per heavy atom. The van der Waals surface area contributed by atoms with Gasteiger partial charge in [-0.15, -0.1) is 0 Å². The van der Waals surface area contributed by atoms with Crippen molar-refractivity contribution < 1.29 is 4.79 Å². The van der Waals surface area contributed by atoms with Crippen molar-refractivity contribution in [1.29, 1.82) is 0 Å². The van der Waals surface area contributed by atoms with Crippen molar-refractivity contribution in [2.45, 2.75) is 39.4 Å². The van der Waals surface area contributed by atoms with Gasteiger partial charge in [-0.05, 0) is 40.3 Å². The predicted molar refractivity (Wildman–Crippen MR) is 88.7 cm³/mol. The molecule has 0 unspecified atom stereocenters. The number of benzene rings is 2. The van der Waals surface area contributed by atoms with Gasteiger partial charge in [0.2, 0.25) is 0 Å². The van der Waals surface area contributed by atoms with Crippen LogP contribution in [0.1, 0.15) is 52.4 Å². The van der Waals surface area contributed by atoms with Gasteiger partial charge in [-0.3, -0.25) is 4.79 Å². The third-order valence-corrected chi connectivity index (χ3v) is 4.20. The lowest BCUT2D eigenvalue weighted by Gasteiger charge is -2.09. The molecule has 2 aromatic carbocycles. The van der Waals surface area contributed by atoms with E-state index in [0.29, 0.717) is 12.5 Å². The summed E-state index contributed by atoms with van der Waals surface area (Å²) in [6.07, 6.45) is 0. The van der Waals surface area contributed by atoms with Crippen molar-refractivity contribution >= 4 is 5.91 Å². The van der Waals surface area contributed by atoms with Crippen LogP contribution in [0.2, 0.25) is 0 Å². The van der Waals surface area contributed by atoms with Crippen LogP contribution in [0, 0.1) is 0 Å². The number of amides is 1. The Balaban J connectivity index is 1.62. The zero-order valence-corrected chi connectivity index (χ0v) is 13.1. The molecule has 0 radical (unpaired) electrons. The number of carbonyl (C=O) groups excluding carboxylic acids is 1. The Bertz CT molecular complexity index is 674. The predicted octanol–water partition coefficient (Wildman–Crippen LogP) is 3.34. The maximum atomic E-state index is 12.3. The Kier molecular flexibility index (Phi) is 4.25. The van der Waals surface area contributed by atoms with E-state index in [4.69, 9.17) is 0 Å². The molecule has 0 aromatic heterocycles. The van der Waals surface area contributed by atoms with Crippen LogP contribution in [0.5, 0.6) is 0 Å². The highest BCUT2D eigenvalue weighted by Crippen LogP contribution is 2.17. The van der Waals surface area contributed by atoms with Crippen molar-refractivity contribution in [2.75, 3.05) is 0 Å². The molecule has 22 heavy (non-hydrogen) atoms. The van der Waals surface area contributed by atoms with Crippen LogP contribution in [0.15, 0.2) is 42.5 Å². The summed E-state index contributed by atoms with van der Waals surface area (Å²) in [6.45, 7) is 6.68. The molecule has 0 atom stereocenters. The minimum absolute atomic E-state index is 0.0114. The molecule has 0 saturated heterocycles. The zero-order valence-electron chi connectivity index (χ0n) is 13.1. The number of hydrogen-bond acceptors (Lipinski definition) is 2. The fraction of sp³-hybridized carbons (Fsp3) is 0.316. The standard InChI is InChI=1S/C19H22N2O/c1-13(2)15-5-3-14(4-6-15)10-21-19(22)16-7-8-17-11-20-12-18(17)9-16/h3-9,13,20H,10-12H2,1-2H3,(H,21,22). The summed E-state index contributed by atoms with van der Waals surface area (Å²) in [5.41, 5.74) is 5.71. The second-order valence-electron chi connectivity index (χ2n) is 6.17. The van der Waals surface area contributed by atoms with E-state index in [2.05, 4.69) is 48.7 Å². The minimum atomic E-state index is -0.0114. The van der Waals surface area contributed by atoms with E-state index in [-0.39, 0.29) is 5.91 Å². The monoisotopic (exact) mass is 294 g/mol. The lowest BCUT2D eigenvalue weighted by atomic mass is 10.0. The van der Waals surface area contributed by atoms with Gasteiger partial charge in [-0.25, -0.2) is 0 Å². The third-order valence-electron chi connectivity index (χ3n) is 4.20. The average Bonchev–Trinajstić information content (AvgIpc) is 3.00. The van der Waals surface area contributed by atoms with Crippen LogP contribution >= 0.6 is 0 Å². The summed E-state index contributed by atoms with van der Waals surface area (Å²) in [6, 6.07) is 14.4. The quantitative estimate of drug-likeness (QED) is 0.908. The Hall–Kier alpha value is -2.13. The molecule has 3 heteroatoms. The van der Waals surface area contributed by atoms with E-state index in [1.807, 2.05) is 18.2 Å². The van der Waals surface area contributed by atoms with E-state index in [9.17, 15) is 4.79 Å². The van der Waals surface area contributed by atoms with Crippen molar-refractivity contribution in [3.63, 3.8) is 0 Å². The molecular formula is C19H22N2O. The van der Waals surface area contributed by atoms with Gasteiger partial charge in [0.05, 0.1) is 0 Å². The molecule has 114 valence electrons. The summed E-state index contributed by atoms with van der Waals surface area (Å²) < 4.78 is 0. The molecule has 3 nitrogen and oxygen atoms in total. The maximum absolute atomic E-state index is 12.3. The minimum Gasteiger partial charge on any atom is -0.348 e. The van der Waals surface area contributed by atoms with Gasteiger partial charge in [0, 0.05) is 25.2 Å². The molecule has 1 aliphatic heterocycles. The first-order valence-electron chi connectivity index (χ1n) is 7.83. The fourth-order valence-corrected chi connectivity index (χ4v) is 2.74. The summed E-state index contributed by atoms with van der Waals surface area (Å²) in [5.74, 6) is 0.520. The SMILES string of the molecule is CC(C)c1ccc(CNC(=O)c2ccc3c(c2)CNC3)cc1. The Morgan fingerprint density at radius 1 is 1.09 bits per heavy atom. The van der Waals surface area contributed by atoms with Gasteiger partial charge >= 0.3 is 0 Å². The second-order valence-corrected chi connectivity index (χ2v) is 6.17. The molecule has 3 rings (SSSR count). The van der Waals surface area contributed by atoms with Gasteiger partial charge < -0.3 is 10.6 Å². The molecule has 1 aliphatic rings. The maximum Gasteiger partial charge on any atom is 0.251 e. The first-order valence-corrected chi connectivity index (χ1v) is 7.83. The number of nitrogens with one attached hydrogen (secondary N) is 2. The van der Waals surface area contributed by atoms with E-state index in [1.54, 1.807) is 0 Å². The number of rotatable bonds is 4. The van der Waals surface area contributed by atoms with Gasteiger partial charge in [-0.2, -0.15) is 0 Å². The van der Waals surface area contributed by atoms with Gasteiger partial charge in [0.1, 0.15) is 0 Å². The van der Waals surface area contributed by atoms with Crippen molar-refractivity contribution in [2.24, 2.45) is 0 Å². The third kappa shape index (κ3) is 3.20. The molecule has 1 heterocycles. The highest BCUT2D eigenvalue weighted by Gasteiger charge is 2.13. The first-order chi connectivity index (χ1) is 10.6. The fourth-order valence-electron chi connectivity index (χ4n) is 2.74. The number of carbonyl (C=O) groups is 1. The van der Waals surface area contributed by atoms with E-state index in [0.717, 1.165) is 24.2 Å². The van der Waals surface area contributed by atoms with Crippen LogP contribution < -0.4 is 10.6 Å². The van der Waals surface area contributed by atoms with E-state index < -0.39 is 0 Å². The molecule has 0 aliphatic carbocycles. The lowest BCUT2D eigenvalue weighted by molar-refractivity contribution is 0.0951. The van der Waals surface area contributed by atoms with Crippen LogP contribution in [0.3, 0.4) is 0 Å². The second kappa shape index (κ2) is 6.32.